The molecule has 0 aliphatic heterocycles. The van der Waals surface area contributed by atoms with Crippen LogP contribution < -0.4 is 0 Å². The largest absolute Gasteiger partial charge is 0.456 e. The van der Waals surface area contributed by atoms with E-state index < -0.39 is 0 Å². The summed E-state index contributed by atoms with van der Waals surface area (Å²) in [5.74, 6) is 5.75. The highest BCUT2D eigenvalue weighted by Crippen LogP contribution is 2.45. The third kappa shape index (κ3) is 14.1. The van der Waals surface area contributed by atoms with Crippen LogP contribution in [0.1, 0.15) is 0 Å². The van der Waals surface area contributed by atoms with Crippen molar-refractivity contribution in [2.24, 2.45) is 0 Å². The lowest BCUT2D eigenvalue weighted by atomic mass is 9.93. The number of fused-ring (bicyclic) bond motifs is 18. The van der Waals surface area contributed by atoms with E-state index in [9.17, 15) is 0 Å². The van der Waals surface area contributed by atoms with E-state index in [0.717, 1.165) is 171 Å². The van der Waals surface area contributed by atoms with Crippen LogP contribution in [0, 0.1) is 0 Å². The molecule has 7 heterocycles. The molecule has 27 aromatic rings. The first-order valence-electron chi connectivity index (χ1n) is 44.7. The minimum absolute atomic E-state index is 0.588. The van der Waals surface area contributed by atoms with Gasteiger partial charge in [0.05, 0.1) is 11.0 Å². The fraction of sp³-hybridized carbons (Fsp3) is 0. The minimum Gasteiger partial charge on any atom is -0.456 e. The topological polar surface area (TPSA) is 160 Å². The van der Waals surface area contributed by atoms with Crippen molar-refractivity contribution in [3.8, 4) is 130 Å². The van der Waals surface area contributed by atoms with Crippen LogP contribution >= 0.6 is 0 Å². The normalized spacial score (nSPS) is 11.6. The molecule has 0 aliphatic rings. The Labute approximate surface area is 767 Å². The van der Waals surface area contributed by atoms with Crippen molar-refractivity contribution < 1.29 is 13.3 Å². The monoisotopic (exact) mass is 1710 g/mol. The molecule has 0 aliphatic carbocycles. The van der Waals surface area contributed by atoms with Crippen molar-refractivity contribution in [2.45, 2.75) is 0 Å². The van der Waals surface area contributed by atoms with Gasteiger partial charge in [0.2, 0.25) is 5.95 Å². The van der Waals surface area contributed by atoms with Gasteiger partial charge in [-0.05, 0) is 137 Å². The van der Waals surface area contributed by atoms with E-state index in [2.05, 4.69) is 284 Å². The maximum atomic E-state index is 6.18. The van der Waals surface area contributed by atoms with E-state index in [4.69, 9.17) is 58.1 Å². The zero-order valence-electron chi connectivity index (χ0n) is 71.9. The van der Waals surface area contributed by atoms with Gasteiger partial charge in [0.25, 0.3) is 0 Å². The summed E-state index contributed by atoms with van der Waals surface area (Å²) in [4.78, 5) is 44.8. The number of furan rings is 3. The van der Waals surface area contributed by atoms with Crippen LogP contribution in [0.3, 0.4) is 0 Å². The number of hydrogen-bond donors (Lipinski definition) is 0. The molecule has 0 bridgehead atoms. The van der Waals surface area contributed by atoms with E-state index in [0.29, 0.717) is 52.5 Å². The molecule has 13 nitrogen and oxygen atoms in total. The molecule has 0 amide bonds. The van der Waals surface area contributed by atoms with E-state index in [1.807, 2.05) is 170 Å². The molecule has 134 heavy (non-hydrogen) atoms. The van der Waals surface area contributed by atoms with E-state index in [1.54, 1.807) is 0 Å². The summed E-state index contributed by atoms with van der Waals surface area (Å²) in [5.41, 5.74) is 22.0. The highest BCUT2D eigenvalue weighted by molar-refractivity contribution is 6.23. The molecule has 0 atom stereocenters. The predicted molar refractivity (Wildman–Crippen MR) is 545 cm³/mol. The summed E-state index contributed by atoms with van der Waals surface area (Å²) in [5, 5.41) is 18.5. The third-order valence-electron chi connectivity index (χ3n) is 25.4. The summed E-state index contributed by atoms with van der Waals surface area (Å²) in [7, 11) is 0. The number of rotatable bonds is 12. The van der Waals surface area contributed by atoms with Crippen LogP contribution in [0.2, 0.25) is 0 Å². The maximum Gasteiger partial charge on any atom is 0.238 e. The molecule has 27 rings (SSSR count). The molecule has 626 valence electrons. The van der Waals surface area contributed by atoms with Crippen molar-refractivity contribution >= 4 is 131 Å². The SMILES string of the molecule is c1ccc(-c2nc(-c3ccc(-c4cccc5c4ccc4oc6ccccc6c45)cc3)nc(-c3ccc4ccccc4c3)n2)cc1.c1ccc(-c2nc(-c3ccc(-c4cccc5oc6ccccc6c45)cc3)nc(-n3c4ccccc4c4ccccc43)n2)cc1.c1ccc(-c2nc(-c3ccccc3)nc(-c3cccc4cc(-c5cccc6c5ccc5oc7ccccc7c56)ccc34)n2)cc1. The van der Waals surface area contributed by atoms with Crippen LogP contribution in [0.25, 0.3) is 261 Å². The molecule has 0 fully saturated rings. The van der Waals surface area contributed by atoms with E-state index >= 15 is 0 Å². The Balaban J connectivity index is 0.000000107. The second kappa shape index (κ2) is 33.1. The Morgan fingerprint density at radius 3 is 0.955 bits per heavy atom. The minimum atomic E-state index is 0.588. The fourth-order valence-electron chi connectivity index (χ4n) is 19.0. The Morgan fingerprint density at radius 2 is 0.455 bits per heavy atom. The summed E-state index contributed by atoms with van der Waals surface area (Å²) < 4.78 is 20.6. The van der Waals surface area contributed by atoms with E-state index in [1.165, 1.54) is 38.1 Å². The molecule has 20 aromatic carbocycles. The summed E-state index contributed by atoms with van der Waals surface area (Å²) in [6.45, 7) is 0. The smallest absolute Gasteiger partial charge is 0.238 e. The predicted octanol–water partition coefficient (Wildman–Crippen LogP) is 31.4. The molecule has 13 heteroatoms. The van der Waals surface area contributed by atoms with Crippen LogP contribution in [0.4, 0.5) is 0 Å². The standard InChI is InChI=1S/2C41H25N3O.C39H24N4O/c1-3-11-26(12-4-1)39-42-40(27-13-5-2-6-14-27)44-41(43-39)34-19-9-15-28-25-29(21-22-31(28)34)30-17-10-18-33-32(30)23-24-37-38(33)35-16-7-8-20-36(35)45-37;1-2-10-28(11-3-1)39-42-40(44-41(43-39)31-22-17-26-9-4-5-12-30(26)25-31)29-20-18-27(19-21-29)32-14-8-15-34-33(32)23-24-37-38(34)35-13-6-7-16-36(35)45-37;1-2-11-26(12-3-1)37-40-38(42-39(41-37)43-32-17-7-4-13-29(32)30-14-5-8-18-33(30)43)27-23-21-25(22-24-27)28-16-10-20-35-36(28)31-15-6-9-19-34(31)44-35/h2*1-25H;1-24H. The number of nitrogens with zero attached hydrogens (tertiary/aromatic N) is 10. The average Bonchev–Trinajstić information content (AvgIpc) is 1.57. The van der Waals surface area contributed by atoms with Gasteiger partial charge in [-0.3, -0.25) is 4.57 Å². The molecule has 0 N–H and O–H groups in total. The molecule has 0 saturated heterocycles. The van der Waals surface area contributed by atoms with Crippen molar-refractivity contribution in [1.82, 2.24) is 49.4 Å². The first kappa shape index (κ1) is 78.0. The van der Waals surface area contributed by atoms with E-state index in [-0.39, 0.29) is 0 Å². The number of benzene rings is 20. The summed E-state index contributed by atoms with van der Waals surface area (Å²) in [6, 6.07) is 154. The Bertz CT molecular complexity index is 9150. The molecular weight excluding hydrogens is 1640 g/mol. The summed E-state index contributed by atoms with van der Waals surface area (Å²) >= 11 is 0. The highest BCUT2D eigenvalue weighted by Gasteiger charge is 2.24. The summed E-state index contributed by atoms with van der Waals surface area (Å²) in [6.07, 6.45) is 0. The quantitative estimate of drug-likeness (QED) is 0.114. The van der Waals surface area contributed by atoms with Gasteiger partial charge in [-0.2, -0.15) is 9.97 Å². The highest BCUT2D eigenvalue weighted by atomic mass is 16.3. The van der Waals surface area contributed by atoms with Gasteiger partial charge >= 0.3 is 0 Å². The number of aromatic nitrogens is 10. The van der Waals surface area contributed by atoms with Gasteiger partial charge in [0, 0.05) is 87.6 Å². The lowest BCUT2D eigenvalue weighted by Crippen LogP contribution is -2.06. The fourth-order valence-corrected chi connectivity index (χ4v) is 19.0. The first-order valence-corrected chi connectivity index (χ1v) is 44.7. The van der Waals surface area contributed by atoms with Gasteiger partial charge in [-0.1, -0.05) is 388 Å². The lowest BCUT2D eigenvalue weighted by Gasteiger charge is -2.12. The van der Waals surface area contributed by atoms with Crippen LogP contribution in [-0.2, 0) is 0 Å². The van der Waals surface area contributed by atoms with Crippen molar-refractivity contribution in [1.29, 1.82) is 0 Å². The van der Waals surface area contributed by atoms with Crippen LogP contribution in [-0.4, -0.2) is 49.4 Å². The number of hydrogen-bond acceptors (Lipinski definition) is 12. The lowest BCUT2D eigenvalue weighted by molar-refractivity contribution is 0.668. The first-order chi connectivity index (χ1) is 66.4. The zero-order valence-corrected chi connectivity index (χ0v) is 71.9. The van der Waals surface area contributed by atoms with Gasteiger partial charge in [-0.25, -0.2) is 34.9 Å². The van der Waals surface area contributed by atoms with Crippen molar-refractivity contribution in [2.75, 3.05) is 0 Å². The Morgan fingerprint density at radius 1 is 0.149 bits per heavy atom. The Hall–Kier alpha value is -18.3. The average molecular weight is 1720 g/mol. The second-order valence-electron chi connectivity index (χ2n) is 33.3. The molecule has 0 saturated carbocycles. The molecular formula is C121H74N10O3. The molecule has 0 radical (unpaired) electrons. The molecule has 0 unspecified atom stereocenters. The maximum absolute atomic E-state index is 6.18. The van der Waals surface area contributed by atoms with Gasteiger partial charge < -0.3 is 13.3 Å². The Kier molecular flexibility index (Phi) is 19.2. The molecule has 7 aromatic heterocycles. The third-order valence-corrected chi connectivity index (χ3v) is 25.4. The van der Waals surface area contributed by atoms with Crippen LogP contribution in [0.5, 0.6) is 0 Å². The van der Waals surface area contributed by atoms with Crippen LogP contribution in [0.15, 0.2) is 462 Å². The molecule has 0 spiro atoms. The number of para-hydroxylation sites is 5. The van der Waals surface area contributed by atoms with Crippen molar-refractivity contribution in [3.63, 3.8) is 0 Å². The van der Waals surface area contributed by atoms with Crippen molar-refractivity contribution in [3.05, 3.63) is 449 Å². The van der Waals surface area contributed by atoms with Gasteiger partial charge in [0.15, 0.2) is 46.6 Å². The second-order valence-corrected chi connectivity index (χ2v) is 33.3. The van der Waals surface area contributed by atoms with Gasteiger partial charge in [0.1, 0.15) is 33.5 Å². The zero-order chi connectivity index (χ0) is 88.5. The van der Waals surface area contributed by atoms with Gasteiger partial charge in [-0.15, -0.1) is 0 Å².